The van der Waals surface area contributed by atoms with Crippen LogP contribution >= 0.6 is 0 Å². The van der Waals surface area contributed by atoms with Gasteiger partial charge in [-0.25, -0.2) is 0 Å². The van der Waals surface area contributed by atoms with Gasteiger partial charge < -0.3 is 14.2 Å². The number of para-hydroxylation sites is 3. The average Bonchev–Trinajstić information content (AvgIpc) is 3.77. The number of ether oxygens (including phenoxy) is 1. The van der Waals surface area contributed by atoms with Gasteiger partial charge in [0.25, 0.3) is 0 Å². The van der Waals surface area contributed by atoms with E-state index in [0.29, 0.717) is 0 Å². The van der Waals surface area contributed by atoms with Crippen molar-refractivity contribution in [2.24, 2.45) is 0 Å². The fourth-order valence-electron chi connectivity index (χ4n) is 9.80. The molecule has 0 unspecified atom stereocenters. The lowest BCUT2D eigenvalue weighted by atomic mass is 9.66. The molecule has 9 aromatic carbocycles. The van der Waals surface area contributed by atoms with Crippen LogP contribution in [0.25, 0.3) is 49.7 Å². The Balaban J connectivity index is 1.03. The molecule has 1 spiro atoms. The molecule has 2 aliphatic rings. The summed E-state index contributed by atoms with van der Waals surface area (Å²) >= 11 is 0. The van der Waals surface area contributed by atoms with Crippen molar-refractivity contribution in [3.63, 3.8) is 0 Å². The van der Waals surface area contributed by atoms with Crippen LogP contribution in [0.3, 0.4) is 0 Å². The van der Waals surface area contributed by atoms with Crippen LogP contribution in [0.15, 0.2) is 218 Å². The van der Waals surface area contributed by atoms with Gasteiger partial charge in [-0.2, -0.15) is 0 Å². The molecule has 0 saturated carbocycles. The van der Waals surface area contributed by atoms with E-state index in [1.807, 2.05) is 0 Å². The molecule has 10 aromatic rings. The van der Waals surface area contributed by atoms with Crippen molar-refractivity contribution in [3.8, 4) is 39.4 Å². The Hall–Kier alpha value is -7.62. The van der Waals surface area contributed by atoms with Crippen molar-refractivity contribution in [2.45, 2.75) is 5.41 Å². The van der Waals surface area contributed by atoms with E-state index in [2.05, 4.69) is 228 Å². The second kappa shape index (κ2) is 12.7. The summed E-state index contributed by atoms with van der Waals surface area (Å²) in [6, 6.07) is 78.9. The van der Waals surface area contributed by atoms with Gasteiger partial charge in [-0.15, -0.1) is 0 Å². The zero-order valence-electron chi connectivity index (χ0n) is 31.6. The van der Waals surface area contributed by atoms with E-state index in [-0.39, 0.29) is 0 Å². The highest BCUT2D eigenvalue weighted by Crippen LogP contribution is 2.62. The standard InChI is InChI=1S/C55H36N2O/c1-3-15-37(16-4-1)38-27-29-40(30-28-38)56(39-17-5-2-6-18-39)41-31-33-42(34-32-41)57-51-25-13-9-21-45(51)46-35-50-54(36-52(46)57)58-53-26-14-12-24-49(53)55(50)47-22-10-7-19-43(47)44-20-8-11-23-48(44)55/h1-36H. The number of nitrogens with zero attached hydrogens (tertiary/aromatic N) is 2. The Bertz CT molecular complexity index is 3140. The van der Waals surface area contributed by atoms with Crippen molar-refractivity contribution < 1.29 is 4.74 Å². The topological polar surface area (TPSA) is 17.4 Å². The van der Waals surface area contributed by atoms with Gasteiger partial charge in [0.2, 0.25) is 0 Å². The third kappa shape index (κ3) is 4.68. The first-order chi connectivity index (χ1) is 28.8. The molecule has 3 heteroatoms. The van der Waals surface area contributed by atoms with E-state index in [9.17, 15) is 0 Å². The number of hydrogen-bond acceptors (Lipinski definition) is 2. The molecule has 0 atom stereocenters. The first kappa shape index (κ1) is 32.6. The summed E-state index contributed by atoms with van der Waals surface area (Å²) in [6.07, 6.45) is 0. The highest BCUT2D eigenvalue weighted by atomic mass is 16.5. The summed E-state index contributed by atoms with van der Waals surface area (Å²) in [5.74, 6) is 1.78. The molecule has 3 nitrogen and oxygen atoms in total. The fraction of sp³-hybridized carbons (Fsp3) is 0.0182. The highest BCUT2D eigenvalue weighted by molar-refractivity contribution is 6.10. The molecule has 272 valence electrons. The Morgan fingerprint density at radius 1 is 0.362 bits per heavy atom. The average molecular weight is 741 g/mol. The largest absolute Gasteiger partial charge is 0.457 e. The molecule has 12 rings (SSSR count). The normalized spacial score (nSPS) is 13.1. The molecule has 0 N–H and O–H groups in total. The monoisotopic (exact) mass is 740 g/mol. The predicted molar refractivity (Wildman–Crippen MR) is 238 cm³/mol. The zero-order chi connectivity index (χ0) is 38.2. The molecule has 0 radical (unpaired) electrons. The van der Waals surface area contributed by atoms with Crippen LogP contribution in [0.1, 0.15) is 22.3 Å². The molecule has 2 heterocycles. The maximum Gasteiger partial charge on any atom is 0.134 e. The van der Waals surface area contributed by atoms with Gasteiger partial charge in [0.05, 0.1) is 16.4 Å². The minimum Gasteiger partial charge on any atom is -0.457 e. The van der Waals surface area contributed by atoms with Gasteiger partial charge in [0, 0.05) is 50.7 Å². The summed E-state index contributed by atoms with van der Waals surface area (Å²) in [5, 5.41) is 2.41. The molecular formula is C55H36N2O. The second-order valence-corrected chi connectivity index (χ2v) is 15.3. The van der Waals surface area contributed by atoms with E-state index in [1.165, 1.54) is 55.3 Å². The Morgan fingerprint density at radius 3 is 1.60 bits per heavy atom. The van der Waals surface area contributed by atoms with Crippen LogP contribution in [0.4, 0.5) is 17.1 Å². The number of benzene rings is 9. The van der Waals surface area contributed by atoms with Crippen LogP contribution in [0.5, 0.6) is 11.5 Å². The SMILES string of the molecule is c1ccc(-c2ccc(N(c3ccccc3)c3ccc(-n4c5ccccc5c5cc6c(cc54)Oc4ccccc4C64c5ccccc5-c5ccccc54)cc3)cc2)cc1. The Kier molecular flexibility index (Phi) is 7.14. The Morgan fingerprint density at radius 2 is 0.897 bits per heavy atom. The molecule has 0 bridgehead atoms. The van der Waals surface area contributed by atoms with E-state index >= 15 is 0 Å². The molecule has 1 aliphatic carbocycles. The van der Waals surface area contributed by atoms with Gasteiger partial charge in [-0.3, -0.25) is 0 Å². The van der Waals surface area contributed by atoms with Gasteiger partial charge in [-0.05, 0) is 100 Å². The van der Waals surface area contributed by atoms with Crippen LogP contribution in [-0.2, 0) is 5.41 Å². The van der Waals surface area contributed by atoms with Crippen molar-refractivity contribution in [1.29, 1.82) is 0 Å². The molecule has 0 fully saturated rings. The number of aromatic nitrogens is 1. The van der Waals surface area contributed by atoms with Crippen LogP contribution < -0.4 is 9.64 Å². The first-order valence-electron chi connectivity index (χ1n) is 19.9. The van der Waals surface area contributed by atoms with Crippen molar-refractivity contribution in [3.05, 3.63) is 241 Å². The van der Waals surface area contributed by atoms with E-state index in [4.69, 9.17) is 4.74 Å². The van der Waals surface area contributed by atoms with Crippen LogP contribution in [-0.4, -0.2) is 4.57 Å². The first-order valence-corrected chi connectivity index (χ1v) is 19.9. The van der Waals surface area contributed by atoms with Crippen LogP contribution in [0.2, 0.25) is 0 Å². The number of fused-ring (bicyclic) bond motifs is 12. The molecular weight excluding hydrogens is 705 g/mol. The lowest BCUT2D eigenvalue weighted by Gasteiger charge is -2.39. The summed E-state index contributed by atoms with van der Waals surface area (Å²) in [7, 11) is 0. The maximum absolute atomic E-state index is 6.95. The highest BCUT2D eigenvalue weighted by Gasteiger charge is 2.51. The van der Waals surface area contributed by atoms with Gasteiger partial charge in [0.15, 0.2) is 0 Å². The quantitative estimate of drug-likeness (QED) is 0.175. The van der Waals surface area contributed by atoms with Crippen molar-refractivity contribution in [2.75, 3.05) is 4.90 Å². The fourth-order valence-corrected chi connectivity index (χ4v) is 9.80. The molecule has 58 heavy (non-hydrogen) atoms. The van der Waals surface area contributed by atoms with Gasteiger partial charge >= 0.3 is 0 Å². The van der Waals surface area contributed by atoms with Crippen molar-refractivity contribution >= 4 is 38.9 Å². The number of hydrogen-bond donors (Lipinski definition) is 0. The molecule has 1 aliphatic heterocycles. The minimum absolute atomic E-state index is 0.517. The van der Waals surface area contributed by atoms with Gasteiger partial charge in [0.1, 0.15) is 11.5 Å². The zero-order valence-corrected chi connectivity index (χ0v) is 31.6. The van der Waals surface area contributed by atoms with Crippen molar-refractivity contribution in [1.82, 2.24) is 4.57 Å². The predicted octanol–water partition coefficient (Wildman–Crippen LogP) is 14.4. The van der Waals surface area contributed by atoms with Gasteiger partial charge in [-0.1, -0.05) is 146 Å². The van der Waals surface area contributed by atoms with E-state index in [0.717, 1.165) is 45.3 Å². The minimum atomic E-state index is -0.517. The summed E-state index contributed by atoms with van der Waals surface area (Å²) in [5.41, 5.74) is 16.0. The lowest BCUT2D eigenvalue weighted by Crippen LogP contribution is -2.32. The molecule has 1 aromatic heterocycles. The third-order valence-electron chi connectivity index (χ3n) is 12.3. The van der Waals surface area contributed by atoms with E-state index < -0.39 is 5.41 Å². The number of rotatable bonds is 5. The van der Waals surface area contributed by atoms with Crippen LogP contribution in [0, 0.1) is 0 Å². The summed E-state index contributed by atoms with van der Waals surface area (Å²) in [6.45, 7) is 0. The smallest absolute Gasteiger partial charge is 0.134 e. The van der Waals surface area contributed by atoms with E-state index in [1.54, 1.807) is 0 Å². The number of anilines is 3. The lowest BCUT2D eigenvalue weighted by molar-refractivity contribution is 0.437. The summed E-state index contributed by atoms with van der Waals surface area (Å²) < 4.78 is 9.35. The maximum atomic E-state index is 6.95. The molecule has 0 saturated heterocycles. The summed E-state index contributed by atoms with van der Waals surface area (Å²) in [4.78, 5) is 2.32. The third-order valence-corrected chi connectivity index (χ3v) is 12.3. The molecule has 0 amide bonds. The second-order valence-electron chi connectivity index (χ2n) is 15.3. The Labute approximate surface area is 337 Å².